The summed E-state index contributed by atoms with van der Waals surface area (Å²) in [5.74, 6) is -24.9. The Bertz CT molecular complexity index is 2120. The maximum atomic E-state index is 11.6. The highest BCUT2D eigenvalue weighted by Gasteiger charge is 2.59. The minimum absolute atomic E-state index is 1.07. The van der Waals surface area contributed by atoms with Crippen molar-refractivity contribution in [3.63, 3.8) is 0 Å². The Balaban J connectivity index is -0.000000162. The van der Waals surface area contributed by atoms with Crippen molar-refractivity contribution < 1.29 is 197 Å². The highest BCUT2D eigenvalue weighted by atomic mass is 19.4. The molecule has 0 aromatic carbocycles. The Morgan fingerprint density at radius 2 is 0.506 bits per heavy atom. The number of imidazole rings is 3. The van der Waals surface area contributed by atoms with Gasteiger partial charge in [0.2, 0.25) is 0 Å². The van der Waals surface area contributed by atoms with E-state index in [4.69, 9.17) is 89.8 Å². The van der Waals surface area contributed by atoms with Gasteiger partial charge in [0, 0.05) is 19.3 Å². The van der Waals surface area contributed by atoms with Crippen molar-refractivity contribution in [3.05, 3.63) is 54.7 Å². The fraction of sp³-hybridized carbons (Fsp3) is 0.538. The molecule has 27 nitrogen and oxygen atoms in total. The van der Waals surface area contributed by atoms with Gasteiger partial charge in [0.1, 0.15) is 37.2 Å². The molecule has 12 N–H and O–H groups in total. The summed E-state index contributed by atoms with van der Waals surface area (Å²) >= 11 is 0. The number of rotatable bonds is 9. The Hall–Kier alpha value is -8.46. The summed E-state index contributed by atoms with van der Waals surface area (Å²) in [6.45, 7) is 6.39. The molecule has 0 unspecified atom stereocenters. The van der Waals surface area contributed by atoms with Gasteiger partial charge in [-0.1, -0.05) is 20.8 Å². The van der Waals surface area contributed by atoms with E-state index in [0.29, 0.717) is 0 Å². The number of aromatic amines is 3. The van der Waals surface area contributed by atoms with Crippen LogP contribution in [0.25, 0.3) is 0 Å². The lowest BCUT2D eigenvalue weighted by Crippen LogP contribution is -2.56. The molecular weight excluding hydrogens is 1240 g/mol. The van der Waals surface area contributed by atoms with Crippen molar-refractivity contribution in [3.8, 4) is 0 Å². The molecule has 3 aromatic rings. The molecule has 0 fully saturated rings. The minimum atomic E-state index is -5.57. The third kappa shape index (κ3) is 53.3. The summed E-state index contributed by atoms with van der Waals surface area (Å²) in [5, 5.41) is 93.0. The standard InChI is InChI=1S/3C6H10N2.3C5H4F6O2.3C2H2O4.BO3/c3*1-3-6-7-4-5-8(6)2;3*6-4(7,8)2(1-3(12)13)5(9,10)11;3*3-1(4)2(5)6;2-1(3)4/h3*4-5H,3H2,1-2H3;3*2H,1H2,(H,12,13);3*(H,3,4)(H,5,6);/q;;;;;;;;;-3/p+3. The van der Waals surface area contributed by atoms with Crippen LogP contribution >= 0.6 is 0 Å². The lowest BCUT2D eigenvalue weighted by atomic mass is 10.1. The molecule has 85 heavy (non-hydrogen) atoms. The molecule has 0 aliphatic rings. The van der Waals surface area contributed by atoms with Crippen LogP contribution in [0.3, 0.4) is 0 Å². The molecule has 3 aromatic heterocycles. The number of carboxylic acids is 9. The van der Waals surface area contributed by atoms with Crippen molar-refractivity contribution in [2.24, 2.45) is 38.9 Å². The molecule has 0 saturated heterocycles. The Labute approximate surface area is 462 Å². The van der Waals surface area contributed by atoms with Crippen molar-refractivity contribution in [2.75, 3.05) is 0 Å². The number of aryl methyl sites for hydroxylation is 6. The van der Waals surface area contributed by atoms with Gasteiger partial charge in [0.05, 0.1) is 40.4 Å². The van der Waals surface area contributed by atoms with Crippen molar-refractivity contribution in [2.45, 2.75) is 96.4 Å². The van der Waals surface area contributed by atoms with Gasteiger partial charge < -0.3 is 61.0 Å². The first-order valence-electron chi connectivity index (χ1n) is 21.3. The number of halogens is 18. The largest absolute Gasteiger partial charge is 0.907 e. The minimum Gasteiger partial charge on any atom is -0.907 e. The summed E-state index contributed by atoms with van der Waals surface area (Å²) in [6.07, 6.45) is -24.3. The van der Waals surface area contributed by atoms with Crippen LogP contribution in [0, 0.1) is 17.8 Å². The van der Waals surface area contributed by atoms with Gasteiger partial charge in [-0.05, 0) is 0 Å². The quantitative estimate of drug-likeness (QED) is 0.0622. The highest BCUT2D eigenvalue weighted by Crippen LogP contribution is 2.43. The lowest BCUT2D eigenvalue weighted by Gasteiger charge is -2.35. The molecule has 0 aliphatic heterocycles. The third-order valence-corrected chi connectivity index (χ3v) is 7.98. The van der Waals surface area contributed by atoms with Crippen molar-refractivity contribution in [1.82, 2.24) is 15.0 Å². The second kappa shape index (κ2) is 42.4. The van der Waals surface area contributed by atoms with Crippen LogP contribution in [0.5, 0.6) is 0 Å². The summed E-state index contributed by atoms with van der Waals surface area (Å²) < 4.78 is 215. The second-order valence-electron chi connectivity index (χ2n) is 14.4. The van der Waals surface area contributed by atoms with E-state index in [1.165, 1.54) is 17.5 Å². The van der Waals surface area contributed by atoms with Gasteiger partial charge in [-0.25, -0.2) is 57.4 Å². The molecule has 46 heteroatoms. The van der Waals surface area contributed by atoms with E-state index in [0.717, 1.165) is 19.3 Å². The summed E-state index contributed by atoms with van der Waals surface area (Å²) in [4.78, 5) is 93.1. The monoisotopic (exact) mass is 1290 g/mol. The molecule has 0 aliphatic carbocycles. The van der Waals surface area contributed by atoms with Crippen LogP contribution in [0.1, 0.15) is 57.5 Å². The number of H-pyrrole nitrogens is 3. The molecule has 492 valence electrons. The molecule has 0 atom stereocenters. The van der Waals surface area contributed by atoms with Gasteiger partial charge in [-0.15, -0.1) is 0 Å². The maximum absolute atomic E-state index is 11.6. The van der Waals surface area contributed by atoms with Crippen LogP contribution in [0.15, 0.2) is 37.2 Å². The second-order valence-corrected chi connectivity index (χ2v) is 14.4. The van der Waals surface area contributed by atoms with E-state index in [9.17, 15) is 93.4 Å². The summed E-state index contributed by atoms with van der Waals surface area (Å²) in [6, 6.07) is 0. The van der Waals surface area contributed by atoms with Crippen LogP contribution in [-0.2, 0) is 83.6 Å². The summed E-state index contributed by atoms with van der Waals surface area (Å²) in [7, 11) is 3.19. The number of carbonyl (C=O) groups is 9. The van der Waals surface area contributed by atoms with Crippen LogP contribution in [0.2, 0.25) is 0 Å². The number of hydrogen-bond donors (Lipinski definition) is 12. The van der Waals surface area contributed by atoms with Gasteiger partial charge in [0.25, 0.3) is 17.5 Å². The fourth-order valence-corrected chi connectivity index (χ4v) is 4.14. The molecule has 0 radical (unpaired) electrons. The average molecular weight is 1290 g/mol. The van der Waals surface area contributed by atoms with Gasteiger partial charge in [-0.2, -0.15) is 79.0 Å². The number of carboxylic acid groups (broad SMARTS) is 9. The SMILES string of the molecule is CCc1[nH]cc[n+]1C.CCc1[nH]cc[n+]1C.CCc1[nH]cc[n+]1C.O=C(O)C(=O)O.O=C(O)C(=O)O.O=C(O)C(=O)O.O=C(O)CC(C(F)(F)F)C(F)(F)F.O=C(O)CC(C(F)(F)F)C(F)(F)F.O=C(O)CC(C(F)(F)F)C(F)(F)F.[O-]B([O-])[O-]. The van der Waals surface area contributed by atoms with E-state index in [2.05, 4.69) is 49.4 Å². The van der Waals surface area contributed by atoms with E-state index in [1.807, 2.05) is 58.3 Å². The maximum Gasteiger partial charge on any atom is 0.414 e. The van der Waals surface area contributed by atoms with Gasteiger partial charge >= 0.3 is 90.8 Å². The van der Waals surface area contributed by atoms with Gasteiger partial charge in [-0.3, -0.25) is 21.7 Å². The zero-order valence-corrected chi connectivity index (χ0v) is 43.6. The van der Waals surface area contributed by atoms with E-state index in [-0.39, 0.29) is 0 Å². The van der Waals surface area contributed by atoms with Crippen LogP contribution in [-0.4, -0.2) is 159 Å². The topological polar surface area (TPSA) is 464 Å². The molecule has 3 heterocycles. The Kier molecular flexibility index (Phi) is 45.0. The number of aliphatic carboxylic acids is 9. The number of alkyl halides is 18. The fourth-order valence-electron chi connectivity index (χ4n) is 4.14. The molecular formula is C39H51BF18N6O21. The number of nitrogens with one attached hydrogen (secondary N) is 3. The van der Waals surface area contributed by atoms with Crippen molar-refractivity contribution in [1.29, 1.82) is 0 Å². The molecule has 0 amide bonds. The number of nitrogens with zero attached hydrogens (tertiary/aromatic N) is 3. The smallest absolute Gasteiger partial charge is 0.414 e. The normalized spacial score (nSPS) is 10.8. The average Bonchev–Trinajstić information content (AvgIpc) is 4.05. The van der Waals surface area contributed by atoms with E-state index in [1.54, 1.807) is 0 Å². The van der Waals surface area contributed by atoms with E-state index >= 15 is 0 Å². The van der Waals surface area contributed by atoms with Crippen LogP contribution in [0.4, 0.5) is 79.0 Å². The van der Waals surface area contributed by atoms with Gasteiger partial charge in [0.15, 0.2) is 17.8 Å². The zero-order valence-electron chi connectivity index (χ0n) is 43.6. The molecule has 3 rings (SSSR count). The number of aromatic nitrogens is 6. The predicted molar refractivity (Wildman–Crippen MR) is 229 cm³/mol. The predicted octanol–water partition coefficient (Wildman–Crippen LogP) is 1.33. The molecule has 0 spiro atoms. The Morgan fingerprint density at radius 1 is 0.376 bits per heavy atom. The Morgan fingerprint density at radius 3 is 0.541 bits per heavy atom. The highest BCUT2D eigenvalue weighted by molar-refractivity contribution is 6.28. The lowest BCUT2D eigenvalue weighted by molar-refractivity contribution is -0.677. The third-order valence-electron chi connectivity index (χ3n) is 7.98. The van der Waals surface area contributed by atoms with Crippen molar-refractivity contribution >= 4 is 61.0 Å². The first-order valence-corrected chi connectivity index (χ1v) is 21.3. The first-order chi connectivity index (χ1) is 37.8. The number of hydrogen-bond acceptors (Lipinski definition) is 12. The summed E-state index contributed by atoms with van der Waals surface area (Å²) in [5.41, 5.74) is 0. The molecule has 0 saturated carbocycles. The zero-order chi connectivity index (χ0) is 69.6. The first kappa shape index (κ1) is 90.3. The molecule has 0 bridgehead atoms. The van der Waals surface area contributed by atoms with E-state index < -0.39 is 135 Å². The van der Waals surface area contributed by atoms with Crippen LogP contribution < -0.4 is 28.8 Å².